The number of aromatic amines is 1. The molecule has 0 unspecified atom stereocenters. The number of H-pyrrole nitrogens is 1. The Morgan fingerprint density at radius 3 is 2.72 bits per heavy atom. The molecule has 4 rings (SSSR count). The van der Waals surface area contributed by atoms with Gasteiger partial charge in [0.25, 0.3) is 0 Å². The molecule has 7 heteroatoms. The first-order chi connectivity index (χ1) is 14.0. The van der Waals surface area contributed by atoms with E-state index in [4.69, 9.17) is 4.74 Å². The Morgan fingerprint density at radius 2 is 1.97 bits per heavy atom. The Labute approximate surface area is 167 Å². The fourth-order valence-electron chi connectivity index (χ4n) is 3.65. The standard InChI is InChI=1S/C22H23F2N3O2/c1-14-10-16-11-15(2-4-20(16)26-14)13-25-22(28)27-8-6-18(7-9-27)29-21-5-3-17(23)12-19(21)24/h2-5,10-12,18,26H,6-9,13H2,1H3,(H,25,28). The van der Waals surface area contributed by atoms with Crippen LogP contribution in [0.4, 0.5) is 13.6 Å². The highest BCUT2D eigenvalue weighted by Crippen LogP contribution is 2.23. The van der Waals surface area contributed by atoms with E-state index in [1.54, 1.807) is 4.90 Å². The fraction of sp³-hybridized carbons (Fsp3) is 0.318. The number of hydrogen-bond donors (Lipinski definition) is 2. The molecule has 1 aliphatic heterocycles. The summed E-state index contributed by atoms with van der Waals surface area (Å²) in [5.74, 6) is -1.29. The van der Waals surface area contributed by atoms with Gasteiger partial charge >= 0.3 is 6.03 Å². The SMILES string of the molecule is Cc1cc2cc(CNC(=O)N3CCC(Oc4ccc(F)cc4F)CC3)ccc2[nH]1. The molecule has 0 atom stereocenters. The van der Waals surface area contributed by atoms with E-state index in [0.717, 1.165) is 28.2 Å². The number of nitrogens with one attached hydrogen (secondary N) is 2. The highest BCUT2D eigenvalue weighted by atomic mass is 19.1. The Kier molecular flexibility index (Phi) is 5.38. The topological polar surface area (TPSA) is 57.4 Å². The Bertz CT molecular complexity index is 1030. The van der Waals surface area contributed by atoms with Crippen LogP contribution in [0, 0.1) is 18.6 Å². The lowest BCUT2D eigenvalue weighted by atomic mass is 10.1. The van der Waals surface area contributed by atoms with Crippen LogP contribution in [0.3, 0.4) is 0 Å². The first-order valence-electron chi connectivity index (χ1n) is 9.70. The Morgan fingerprint density at radius 1 is 1.17 bits per heavy atom. The van der Waals surface area contributed by atoms with Crippen LogP contribution in [0.1, 0.15) is 24.1 Å². The zero-order valence-corrected chi connectivity index (χ0v) is 16.2. The minimum absolute atomic E-state index is 0.0460. The van der Waals surface area contributed by atoms with Gasteiger partial charge in [0.15, 0.2) is 11.6 Å². The smallest absolute Gasteiger partial charge is 0.317 e. The van der Waals surface area contributed by atoms with Crippen molar-refractivity contribution >= 4 is 16.9 Å². The number of carbonyl (C=O) groups is 1. The minimum Gasteiger partial charge on any atom is -0.487 e. The van der Waals surface area contributed by atoms with Crippen LogP contribution in [-0.4, -0.2) is 35.1 Å². The summed E-state index contributed by atoms with van der Waals surface area (Å²) in [6, 6.07) is 11.3. The number of rotatable bonds is 4. The van der Waals surface area contributed by atoms with E-state index in [0.29, 0.717) is 32.5 Å². The van der Waals surface area contributed by atoms with Gasteiger partial charge in [0.2, 0.25) is 0 Å². The van der Waals surface area contributed by atoms with E-state index in [-0.39, 0.29) is 17.9 Å². The van der Waals surface area contributed by atoms with Crippen LogP contribution >= 0.6 is 0 Å². The van der Waals surface area contributed by atoms with Gasteiger partial charge < -0.3 is 19.9 Å². The first-order valence-corrected chi connectivity index (χ1v) is 9.70. The zero-order valence-electron chi connectivity index (χ0n) is 16.2. The molecule has 1 aliphatic rings. The van der Waals surface area contributed by atoms with Crippen LogP contribution in [-0.2, 0) is 6.54 Å². The van der Waals surface area contributed by atoms with Crippen molar-refractivity contribution in [1.82, 2.24) is 15.2 Å². The molecule has 0 aliphatic carbocycles. The van der Waals surface area contributed by atoms with Gasteiger partial charge in [-0.05, 0) is 48.2 Å². The zero-order chi connectivity index (χ0) is 20.4. The number of hydrogen-bond acceptors (Lipinski definition) is 2. The molecule has 1 saturated heterocycles. The number of carbonyl (C=O) groups excluding carboxylic acids is 1. The van der Waals surface area contributed by atoms with E-state index in [2.05, 4.69) is 22.4 Å². The summed E-state index contributed by atoms with van der Waals surface area (Å²) in [6.07, 6.45) is 0.996. The van der Waals surface area contributed by atoms with E-state index in [1.807, 2.05) is 19.1 Å². The number of fused-ring (bicyclic) bond motifs is 1. The average Bonchev–Trinajstić information content (AvgIpc) is 3.08. The molecule has 3 aromatic rings. The summed E-state index contributed by atoms with van der Waals surface area (Å²) in [6.45, 7) is 3.51. The summed E-state index contributed by atoms with van der Waals surface area (Å²) in [7, 11) is 0. The summed E-state index contributed by atoms with van der Waals surface area (Å²) >= 11 is 0. The average molecular weight is 399 g/mol. The summed E-state index contributed by atoms with van der Waals surface area (Å²) < 4.78 is 32.4. The normalized spacial score (nSPS) is 14.9. The monoisotopic (exact) mass is 399 g/mol. The van der Waals surface area contributed by atoms with Crippen LogP contribution in [0.15, 0.2) is 42.5 Å². The van der Waals surface area contributed by atoms with Crippen LogP contribution < -0.4 is 10.1 Å². The number of amides is 2. The van der Waals surface area contributed by atoms with E-state index < -0.39 is 11.6 Å². The van der Waals surface area contributed by atoms with Crippen molar-refractivity contribution in [2.24, 2.45) is 0 Å². The maximum atomic E-state index is 13.7. The van der Waals surface area contributed by atoms with Gasteiger partial charge in [0.1, 0.15) is 11.9 Å². The van der Waals surface area contributed by atoms with Gasteiger partial charge in [-0.3, -0.25) is 0 Å². The molecule has 2 heterocycles. The van der Waals surface area contributed by atoms with Crippen LogP contribution in [0.2, 0.25) is 0 Å². The third-order valence-corrected chi connectivity index (χ3v) is 5.18. The van der Waals surface area contributed by atoms with Crippen molar-refractivity contribution in [3.8, 4) is 5.75 Å². The van der Waals surface area contributed by atoms with Crippen molar-refractivity contribution in [2.45, 2.75) is 32.4 Å². The lowest BCUT2D eigenvalue weighted by molar-refractivity contribution is 0.107. The number of halogens is 2. The fourth-order valence-corrected chi connectivity index (χ4v) is 3.65. The van der Waals surface area contributed by atoms with Gasteiger partial charge in [-0.15, -0.1) is 0 Å². The lowest BCUT2D eigenvalue weighted by Crippen LogP contribution is -2.46. The quantitative estimate of drug-likeness (QED) is 0.678. The van der Waals surface area contributed by atoms with Crippen molar-refractivity contribution in [1.29, 1.82) is 0 Å². The highest BCUT2D eigenvalue weighted by molar-refractivity contribution is 5.81. The molecule has 2 aromatic carbocycles. The van der Waals surface area contributed by atoms with Crippen molar-refractivity contribution in [2.75, 3.05) is 13.1 Å². The Hall–Kier alpha value is -3.09. The minimum atomic E-state index is -0.709. The molecule has 2 N–H and O–H groups in total. The molecule has 0 bridgehead atoms. The molecule has 152 valence electrons. The van der Waals surface area contributed by atoms with E-state index >= 15 is 0 Å². The van der Waals surface area contributed by atoms with E-state index in [9.17, 15) is 13.6 Å². The van der Waals surface area contributed by atoms with Crippen molar-refractivity contribution in [3.05, 3.63) is 65.4 Å². The third kappa shape index (κ3) is 4.50. The molecule has 2 amide bonds. The first kappa shape index (κ1) is 19.2. The summed E-state index contributed by atoms with van der Waals surface area (Å²) in [5.41, 5.74) is 3.22. The summed E-state index contributed by atoms with van der Waals surface area (Å²) in [4.78, 5) is 17.5. The molecule has 1 fully saturated rings. The van der Waals surface area contributed by atoms with Crippen LogP contribution in [0.5, 0.6) is 5.75 Å². The number of piperidine rings is 1. The molecular weight excluding hydrogens is 376 g/mol. The van der Waals surface area contributed by atoms with Gasteiger partial charge in [-0.25, -0.2) is 13.6 Å². The number of benzene rings is 2. The lowest BCUT2D eigenvalue weighted by Gasteiger charge is -2.32. The second kappa shape index (κ2) is 8.11. The third-order valence-electron chi connectivity index (χ3n) is 5.18. The number of likely N-dealkylation sites (tertiary alicyclic amines) is 1. The number of nitrogens with zero attached hydrogens (tertiary/aromatic N) is 1. The number of aromatic nitrogens is 1. The molecule has 29 heavy (non-hydrogen) atoms. The Balaban J connectivity index is 1.27. The maximum absolute atomic E-state index is 13.7. The molecule has 5 nitrogen and oxygen atoms in total. The van der Waals surface area contributed by atoms with Crippen LogP contribution in [0.25, 0.3) is 10.9 Å². The van der Waals surface area contributed by atoms with E-state index in [1.165, 1.54) is 12.1 Å². The van der Waals surface area contributed by atoms with Gasteiger partial charge in [-0.2, -0.15) is 0 Å². The summed E-state index contributed by atoms with van der Waals surface area (Å²) in [5, 5.41) is 4.08. The molecule has 0 spiro atoms. The van der Waals surface area contributed by atoms with Crippen molar-refractivity contribution in [3.63, 3.8) is 0 Å². The predicted molar refractivity (Wildman–Crippen MR) is 107 cm³/mol. The molecule has 0 saturated carbocycles. The van der Waals surface area contributed by atoms with Gasteiger partial charge in [0, 0.05) is 49.8 Å². The number of ether oxygens (including phenoxy) is 1. The number of aryl methyl sites for hydroxylation is 1. The predicted octanol–water partition coefficient (Wildman–Crippen LogP) is 4.51. The second-order valence-electron chi connectivity index (χ2n) is 7.41. The molecular formula is C22H23F2N3O2. The van der Waals surface area contributed by atoms with Gasteiger partial charge in [0.05, 0.1) is 0 Å². The highest BCUT2D eigenvalue weighted by Gasteiger charge is 2.24. The van der Waals surface area contributed by atoms with Gasteiger partial charge in [-0.1, -0.05) is 6.07 Å². The maximum Gasteiger partial charge on any atom is 0.317 e. The van der Waals surface area contributed by atoms with Crippen molar-refractivity contribution < 1.29 is 18.3 Å². The second-order valence-corrected chi connectivity index (χ2v) is 7.41. The molecule has 1 aromatic heterocycles. The molecule has 0 radical (unpaired) electrons. The largest absolute Gasteiger partial charge is 0.487 e. The number of urea groups is 1.